The van der Waals surface area contributed by atoms with Crippen LogP contribution < -0.4 is 0 Å². The fraction of sp³-hybridized carbons (Fsp3) is 0.846. The van der Waals surface area contributed by atoms with Gasteiger partial charge in [-0.15, -0.1) is 0 Å². The quantitative estimate of drug-likeness (QED) is 0.802. The molecule has 2 aliphatic rings. The van der Waals surface area contributed by atoms with Gasteiger partial charge in [0.05, 0.1) is 5.41 Å². The molecule has 0 aromatic rings. The SMILES string of the molecule is CC1(C(=O)O)CCCCC1N1CCCCC1=O. The van der Waals surface area contributed by atoms with E-state index in [9.17, 15) is 14.7 Å². The highest BCUT2D eigenvalue weighted by Gasteiger charge is 2.47. The van der Waals surface area contributed by atoms with Gasteiger partial charge in [-0.25, -0.2) is 0 Å². The number of rotatable bonds is 2. The molecule has 1 aliphatic heterocycles. The molecular formula is C13H21NO3. The molecule has 0 bridgehead atoms. The van der Waals surface area contributed by atoms with E-state index in [2.05, 4.69) is 0 Å². The Labute approximate surface area is 102 Å². The molecule has 1 aliphatic carbocycles. The van der Waals surface area contributed by atoms with Crippen molar-refractivity contribution >= 4 is 11.9 Å². The number of hydrogen-bond acceptors (Lipinski definition) is 2. The first-order valence-electron chi connectivity index (χ1n) is 6.58. The van der Waals surface area contributed by atoms with Crippen LogP contribution in [0.2, 0.25) is 0 Å². The Balaban J connectivity index is 2.21. The minimum absolute atomic E-state index is 0.0958. The number of carbonyl (C=O) groups is 2. The second-order valence-electron chi connectivity index (χ2n) is 5.53. The summed E-state index contributed by atoms with van der Waals surface area (Å²) in [6.07, 6.45) is 6.08. The summed E-state index contributed by atoms with van der Waals surface area (Å²) < 4.78 is 0. The maximum atomic E-state index is 11.9. The van der Waals surface area contributed by atoms with E-state index in [1.54, 1.807) is 6.92 Å². The Morgan fingerprint density at radius 1 is 1.35 bits per heavy atom. The zero-order chi connectivity index (χ0) is 12.5. The summed E-state index contributed by atoms with van der Waals surface area (Å²) in [6.45, 7) is 2.55. The summed E-state index contributed by atoms with van der Waals surface area (Å²) in [7, 11) is 0. The number of likely N-dealkylation sites (tertiary alicyclic amines) is 1. The Morgan fingerprint density at radius 3 is 2.76 bits per heavy atom. The van der Waals surface area contributed by atoms with E-state index < -0.39 is 11.4 Å². The molecular weight excluding hydrogens is 218 g/mol. The van der Waals surface area contributed by atoms with Crippen LogP contribution >= 0.6 is 0 Å². The van der Waals surface area contributed by atoms with Crippen LogP contribution in [0.15, 0.2) is 0 Å². The molecule has 1 amide bonds. The molecule has 0 aromatic heterocycles. The largest absolute Gasteiger partial charge is 0.481 e. The Kier molecular flexibility index (Phi) is 3.40. The maximum absolute atomic E-state index is 11.9. The van der Waals surface area contributed by atoms with Gasteiger partial charge in [0.2, 0.25) is 5.91 Å². The molecule has 0 spiro atoms. The van der Waals surface area contributed by atoms with Crippen molar-refractivity contribution in [2.75, 3.05) is 6.54 Å². The van der Waals surface area contributed by atoms with Gasteiger partial charge >= 0.3 is 5.97 Å². The lowest BCUT2D eigenvalue weighted by Crippen LogP contribution is -2.55. The number of piperidine rings is 1. The number of hydrogen-bond donors (Lipinski definition) is 1. The summed E-state index contributed by atoms with van der Waals surface area (Å²) in [5.41, 5.74) is -0.745. The molecule has 1 saturated carbocycles. The van der Waals surface area contributed by atoms with Crippen molar-refractivity contribution in [1.82, 2.24) is 4.90 Å². The predicted octanol–water partition coefficient (Wildman–Crippen LogP) is 2.03. The topological polar surface area (TPSA) is 57.6 Å². The van der Waals surface area contributed by atoms with Crippen molar-refractivity contribution in [2.45, 2.75) is 57.9 Å². The zero-order valence-electron chi connectivity index (χ0n) is 10.4. The van der Waals surface area contributed by atoms with Crippen LogP contribution in [-0.2, 0) is 9.59 Å². The number of aliphatic carboxylic acids is 1. The number of amides is 1. The van der Waals surface area contributed by atoms with E-state index in [-0.39, 0.29) is 11.9 Å². The molecule has 4 nitrogen and oxygen atoms in total. The van der Waals surface area contributed by atoms with Crippen LogP contribution in [0.3, 0.4) is 0 Å². The van der Waals surface area contributed by atoms with E-state index in [0.717, 1.165) is 38.6 Å². The van der Waals surface area contributed by atoms with E-state index in [0.29, 0.717) is 12.8 Å². The number of carboxylic acid groups (broad SMARTS) is 1. The van der Waals surface area contributed by atoms with E-state index in [1.165, 1.54) is 0 Å². The maximum Gasteiger partial charge on any atom is 0.311 e. The van der Waals surface area contributed by atoms with Crippen molar-refractivity contribution < 1.29 is 14.7 Å². The molecule has 2 unspecified atom stereocenters. The third kappa shape index (κ3) is 2.17. The van der Waals surface area contributed by atoms with Crippen LogP contribution in [-0.4, -0.2) is 34.5 Å². The summed E-state index contributed by atoms with van der Waals surface area (Å²) >= 11 is 0. The predicted molar refractivity (Wildman–Crippen MR) is 63.6 cm³/mol. The minimum Gasteiger partial charge on any atom is -0.481 e. The summed E-state index contributed by atoms with van der Waals surface area (Å²) in [5, 5.41) is 9.45. The van der Waals surface area contributed by atoms with Gasteiger partial charge in [0.1, 0.15) is 0 Å². The first-order valence-corrected chi connectivity index (χ1v) is 6.58. The summed E-state index contributed by atoms with van der Waals surface area (Å²) in [6, 6.07) is -0.0958. The van der Waals surface area contributed by atoms with Crippen LogP contribution in [0, 0.1) is 5.41 Å². The van der Waals surface area contributed by atoms with Crippen molar-refractivity contribution in [1.29, 1.82) is 0 Å². The highest BCUT2D eigenvalue weighted by Crippen LogP contribution is 2.40. The van der Waals surface area contributed by atoms with Gasteiger partial charge in [0, 0.05) is 19.0 Å². The van der Waals surface area contributed by atoms with Crippen molar-refractivity contribution in [3.8, 4) is 0 Å². The highest BCUT2D eigenvalue weighted by molar-refractivity contribution is 5.80. The van der Waals surface area contributed by atoms with Crippen molar-refractivity contribution in [2.24, 2.45) is 5.41 Å². The zero-order valence-corrected chi connectivity index (χ0v) is 10.4. The molecule has 0 aromatic carbocycles. The Hall–Kier alpha value is -1.06. The van der Waals surface area contributed by atoms with Gasteiger partial charge < -0.3 is 10.0 Å². The second-order valence-corrected chi connectivity index (χ2v) is 5.53. The van der Waals surface area contributed by atoms with Gasteiger partial charge in [-0.3, -0.25) is 9.59 Å². The highest BCUT2D eigenvalue weighted by atomic mass is 16.4. The average Bonchev–Trinajstić information content (AvgIpc) is 2.31. The molecule has 1 N–H and O–H groups in total. The smallest absolute Gasteiger partial charge is 0.311 e. The fourth-order valence-electron chi connectivity index (χ4n) is 3.22. The number of nitrogens with zero attached hydrogens (tertiary/aromatic N) is 1. The normalized spacial score (nSPS) is 34.8. The van der Waals surface area contributed by atoms with Gasteiger partial charge in [0.25, 0.3) is 0 Å². The first-order chi connectivity index (χ1) is 8.05. The molecule has 2 fully saturated rings. The Bertz CT molecular complexity index is 329. The molecule has 96 valence electrons. The number of carboxylic acids is 1. The number of carbonyl (C=O) groups excluding carboxylic acids is 1. The van der Waals surface area contributed by atoms with Crippen LogP contribution in [0.5, 0.6) is 0 Å². The van der Waals surface area contributed by atoms with Gasteiger partial charge in [-0.1, -0.05) is 12.8 Å². The first kappa shape index (κ1) is 12.4. The van der Waals surface area contributed by atoms with E-state index in [1.807, 2.05) is 4.90 Å². The average molecular weight is 239 g/mol. The molecule has 1 saturated heterocycles. The van der Waals surface area contributed by atoms with Crippen LogP contribution in [0.1, 0.15) is 51.9 Å². The summed E-state index contributed by atoms with van der Waals surface area (Å²) in [5.74, 6) is -0.601. The van der Waals surface area contributed by atoms with Gasteiger partial charge in [-0.2, -0.15) is 0 Å². The lowest BCUT2D eigenvalue weighted by molar-refractivity contribution is -0.159. The third-order valence-corrected chi connectivity index (χ3v) is 4.38. The van der Waals surface area contributed by atoms with Gasteiger partial charge in [0.15, 0.2) is 0 Å². The monoisotopic (exact) mass is 239 g/mol. The second kappa shape index (κ2) is 4.67. The Morgan fingerprint density at radius 2 is 2.12 bits per heavy atom. The van der Waals surface area contributed by atoms with Crippen molar-refractivity contribution in [3.05, 3.63) is 0 Å². The molecule has 0 radical (unpaired) electrons. The standard InChI is InChI=1S/C13H21NO3/c1-13(12(16)17)8-4-2-6-10(13)14-9-5-3-7-11(14)15/h10H,2-9H2,1H3,(H,16,17). The van der Waals surface area contributed by atoms with E-state index >= 15 is 0 Å². The summed E-state index contributed by atoms with van der Waals surface area (Å²) in [4.78, 5) is 25.3. The lowest BCUT2D eigenvalue weighted by atomic mass is 9.70. The van der Waals surface area contributed by atoms with E-state index in [4.69, 9.17) is 0 Å². The van der Waals surface area contributed by atoms with Crippen LogP contribution in [0.25, 0.3) is 0 Å². The molecule has 2 rings (SSSR count). The lowest BCUT2D eigenvalue weighted by Gasteiger charge is -2.45. The van der Waals surface area contributed by atoms with Crippen molar-refractivity contribution in [3.63, 3.8) is 0 Å². The molecule has 17 heavy (non-hydrogen) atoms. The molecule has 4 heteroatoms. The van der Waals surface area contributed by atoms with Gasteiger partial charge in [-0.05, 0) is 32.6 Å². The fourth-order valence-corrected chi connectivity index (χ4v) is 3.22. The minimum atomic E-state index is -0.749. The third-order valence-electron chi connectivity index (χ3n) is 4.38. The van der Waals surface area contributed by atoms with Crippen LogP contribution in [0.4, 0.5) is 0 Å². The molecule has 2 atom stereocenters. The molecule has 1 heterocycles.